The number of hydrogen-bond donors (Lipinski definition) is 2. The molecule has 0 atom stereocenters. The van der Waals surface area contributed by atoms with Crippen LogP contribution in [0, 0.1) is 11.8 Å². The summed E-state index contributed by atoms with van der Waals surface area (Å²) in [5, 5.41) is 12.4. The maximum Gasteiger partial charge on any atom is 0.222 e. The molecule has 98 valence electrons. The molecule has 0 spiro atoms. The van der Waals surface area contributed by atoms with E-state index in [9.17, 15) is 4.79 Å². The summed E-state index contributed by atoms with van der Waals surface area (Å²) in [6.07, 6.45) is 4.94. The van der Waals surface area contributed by atoms with Gasteiger partial charge in [0.2, 0.25) is 5.91 Å². The molecule has 2 saturated heterocycles. The topological polar surface area (TPSA) is 52.6 Å². The van der Waals surface area contributed by atoms with Crippen molar-refractivity contribution >= 4 is 5.91 Å². The molecular formula is C13H24N2O2. The molecule has 0 aromatic carbocycles. The third kappa shape index (κ3) is 3.68. The predicted octanol–water partition coefficient (Wildman–Crippen LogP) is 0.607. The molecule has 0 aromatic rings. The fourth-order valence-corrected chi connectivity index (χ4v) is 2.83. The van der Waals surface area contributed by atoms with E-state index in [0.29, 0.717) is 17.7 Å². The average Bonchev–Trinajstić information content (AvgIpc) is 2.40. The molecule has 2 rings (SSSR count). The van der Waals surface area contributed by atoms with E-state index in [1.807, 2.05) is 4.90 Å². The maximum absolute atomic E-state index is 12.1. The van der Waals surface area contributed by atoms with Crippen molar-refractivity contribution in [2.45, 2.75) is 32.1 Å². The number of nitrogens with zero attached hydrogens (tertiary/aromatic N) is 1. The number of hydrogen-bond acceptors (Lipinski definition) is 3. The molecular weight excluding hydrogens is 216 g/mol. The minimum Gasteiger partial charge on any atom is -0.396 e. The van der Waals surface area contributed by atoms with Gasteiger partial charge in [0.25, 0.3) is 0 Å². The molecule has 2 heterocycles. The van der Waals surface area contributed by atoms with Gasteiger partial charge in [0.15, 0.2) is 0 Å². The van der Waals surface area contributed by atoms with Crippen LogP contribution in [0.3, 0.4) is 0 Å². The highest BCUT2D eigenvalue weighted by atomic mass is 16.3. The summed E-state index contributed by atoms with van der Waals surface area (Å²) in [5.74, 6) is 1.32. The molecule has 4 nitrogen and oxygen atoms in total. The molecule has 1 amide bonds. The first kappa shape index (κ1) is 12.8. The maximum atomic E-state index is 12.1. The zero-order chi connectivity index (χ0) is 12.1. The van der Waals surface area contributed by atoms with Crippen LogP contribution in [0.2, 0.25) is 0 Å². The molecule has 0 aliphatic carbocycles. The van der Waals surface area contributed by atoms with E-state index in [2.05, 4.69) is 5.32 Å². The Morgan fingerprint density at radius 2 is 1.76 bits per heavy atom. The van der Waals surface area contributed by atoms with E-state index >= 15 is 0 Å². The van der Waals surface area contributed by atoms with Crippen molar-refractivity contribution in [1.82, 2.24) is 10.2 Å². The highest BCUT2D eigenvalue weighted by Gasteiger charge is 2.24. The zero-order valence-electron chi connectivity index (χ0n) is 10.5. The summed E-state index contributed by atoms with van der Waals surface area (Å²) < 4.78 is 0. The second-order valence-electron chi connectivity index (χ2n) is 5.40. The second-order valence-corrected chi connectivity index (χ2v) is 5.40. The molecule has 4 heteroatoms. The number of carbonyl (C=O) groups is 1. The molecule has 17 heavy (non-hydrogen) atoms. The first-order valence-electron chi connectivity index (χ1n) is 6.89. The van der Waals surface area contributed by atoms with Crippen molar-refractivity contribution in [3.63, 3.8) is 0 Å². The van der Waals surface area contributed by atoms with Crippen molar-refractivity contribution in [1.29, 1.82) is 0 Å². The number of piperidine rings is 2. The molecule has 0 radical (unpaired) electrons. The van der Waals surface area contributed by atoms with Gasteiger partial charge in [-0.2, -0.15) is 0 Å². The van der Waals surface area contributed by atoms with Gasteiger partial charge in [-0.25, -0.2) is 0 Å². The summed E-state index contributed by atoms with van der Waals surface area (Å²) in [4.78, 5) is 14.1. The van der Waals surface area contributed by atoms with Crippen molar-refractivity contribution in [2.75, 3.05) is 32.8 Å². The van der Waals surface area contributed by atoms with Gasteiger partial charge in [0.05, 0.1) is 0 Å². The number of aliphatic hydroxyl groups is 1. The van der Waals surface area contributed by atoms with Gasteiger partial charge < -0.3 is 15.3 Å². The van der Waals surface area contributed by atoms with Crippen LogP contribution in [0.15, 0.2) is 0 Å². The summed E-state index contributed by atoms with van der Waals surface area (Å²) in [6.45, 7) is 4.08. The lowest BCUT2D eigenvalue weighted by Gasteiger charge is -2.32. The third-order valence-corrected chi connectivity index (χ3v) is 4.15. The number of aliphatic hydroxyl groups excluding tert-OH is 1. The van der Waals surface area contributed by atoms with Crippen LogP contribution >= 0.6 is 0 Å². The number of amides is 1. The number of likely N-dealkylation sites (tertiary alicyclic amines) is 1. The number of rotatable bonds is 3. The Morgan fingerprint density at radius 3 is 2.35 bits per heavy atom. The van der Waals surface area contributed by atoms with Gasteiger partial charge in [-0.15, -0.1) is 0 Å². The largest absolute Gasteiger partial charge is 0.396 e. The van der Waals surface area contributed by atoms with E-state index in [0.717, 1.165) is 58.3 Å². The SMILES string of the molecule is O=C(CC1CCNCC1)N1CCC(CO)CC1. The van der Waals surface area contributed by atoms with Crippen LogP contribution in [0.4, 0.5) is 0 Å². The van der Waals surface area contributed by atoms with Crippen LogP contribution in [-0.2, 0) is 4.79 Å². The minimum atomic E-state index is 0.274. The first-order valence-corrected chi connectivity index (χ1v) is 6.89. The fourth-order valence-electron chi connectivity index (χ4n) is 2.83. The van der Waals surface area contributed by atoms with Crippen molar-refractivity contribution in [2.24, 2.45) is 11.8 Å². The normalized spacial score (nSPS) is 23.9. The monoisotopic (exact) mass is 240 g/mol. The zero-order valence-corrected chi connectivity index (χ0v) is 10.5. The minimum absolute atomic E-state index is 0.274. The van der Waals surface area contributed by atoms with Crippen LogP contribution in [0.5, 0.6) is 0 Å². The van der Waals surface area contributed by atoms with Gasteiger partial charge in [-0.05, 0) is 50.6 Å². The smallest absolute Gasteiger partial charge is 0.222 e. The predicted molar refractivity (Wildman–Crippen MR) is 66.6 cm³/mol. The van der Waals surface area contributed by atoms with Crippen LogP contribution < -0.4 is 5.32 Å². The Labute approximate surface area is 103 Å². The van der Waals surface area contributed by atoms with Gasteiger partial charge in [0.1, 0.15) is 0 Å². The number of nitrogens with one attached hydrogen (secondary N) is 1. The van der Waals surface area contributed by atoms with Crippen LogP contribution in [-0.4, -0.2) is 48.7 Å². The molecule has 0 bridgehead atoms. The molecule has 2 aliphatic rings. The lowest BCUT2D eigenvalue weighted by Crippen LogP contribution is -2.40. The Kier molecular flexibility index (Phi) is 4.80. The molecule has 0 aromatic heterocycles. The molecule has 2 fully saturated rings. The first-order chi connectivity index (χ1) is 8.29. The Bertz CT molecular complexity index is 244. The van der Waals surface area contributed by atoms with Gasteiger partial charge in [0, 0.05) is 26.1 Å². The van der Waals surface area contributed by atoms with E-state index in [1.54, 1.807) is 0 Å². The van der Waals surface area contributed by atoms with Crippen molar-refractivity contribution < 1.29 is 9.90 Å². The number of carbonyl (C=O) groups excluding carboxylic acids is 1. The lowest BCUT2D eigenvalue weighted by atomic mass is 9.92. The van der Waals surface area contributed by atoms with Crippen molar-refractivity contribution in [3.8, 4) is 0 Å². The second kappa shape index (κ2) is 6.36. The van der Waals surface area contributed by atoms with E-state index < -0.39 is 0 Å². The standard InChI is InChI=1S/C13H24N2O2/c16-10-12-3-7-15(8-4-12)13(17)9-11-1-5-14-6-2-11/h11-12,14,16H,1-10H2. The van der Waals surface area contributed by atoms with Gasteiger partial charge in [-0.3, -0.25) is 4.79 Å². The average molecular weight is 240 g/mol. The van der Waals surface area contributed by atoms with E-state index in [1.165, 1.54) is 0 Å². The van der Waals surface area contributed by atoms with Crippen LogP contribution in [0.25, 0.3) is 0 Å². The quantitative estimate of drug-likeness (QED) is 0.760. The van der Waals surface area contributed by atoms with Crippen LogP contribution in [0.1, 0.15) is 32.1 Å². The van der Waals surface area contributed by atoms with Crippen molar-refractivity contribution in [3.05, 3.63) is 0 Å². The third-order valence-electron chi connectivity index (χ3n) is 4.15. The van der Waals surface area contributed by atoms with E-state index in [-0.39, 0.29) is 6.61 Å². The fraction of sp³-hybridized carbons (Fsp3) is 0.923. The molecule has 2 N–H and O–H groups in total. The molecule has 0 saturated carbocycles. The summed E-state index contributed by atoms with van der Waals surface area (Å²) >= 11 is 0. The summed E-state index contributed by atoms with van der Waals surface area (Å²) in [6, 6.07) is 0. The Hall–Kier alpha value is -0.610. The lowest BCUT2D eigenvalue weighted by molar-refractivity contribution is -0.134. The Morgan fingerprint density at radius 1 is 1.12 bits per heavy atom. The Balaban J connectivity index is 1.72. The van der Waals surface area contributed by atoms with Gasteiger partial charge >= 0.3 is 0 Å². The highest BCUT2D eigenvalue weighted by Crippen LogP contribution is 2.21. The van der Waals surface area contributed by atoms with E-state index in [4.69, 9.17) is 5.11 Å². The highest BCUT2D eigenvalue weighted by molar-refractivity contribution is 5.76. The summed E-state index contributed by atoms with van der Waals surface area (Å²) in [7, 11) is 0. The molecule has 0 unspecified atom stereocenters. The van der Waals surface area contributed by atoms with Gasteiger partial charge in [-0.1, -0.05) is 0 Å². The summed E-state index contributed by atoms with van der Waals surface area (Å²) in [5.41, 5.74) is 0. The molecule has 2 aliphatic heterocycles.